The van der Waals surface area contributed by atoms with Gasteiger partial charge in [-0.1, -0.05) is 194 Å². The maximum absolute atomic E-state index is 2.36. The molecular weight excluding hydrogens is 372 g/mol. The van der Waals surface area contributed by atoms with Crippen LogP contribution in [-0.4, -0.2) is 0 Å². The Morgan fingerprint density at radius 3 is 0.774 bits per heavy atom. The molecule has 0 rings (SSSR count). The Labute approximate surface area is 200 Å². The van der Waals surface area contributed by atoms with E-state index in [9.17, 15) is 0 Å². The minimum atomic E-state index is 1.04. The lowest BCUT2D eigenvalue weighted by molar-refractivity contribution is 0.370. The van der Waals surface area contributed by atoms with Crippen molar-refractivity contribution >= 4 is 0 Å². The van der Waals surface area contributed by atoms with Crippen LogP contribution in [0.3, 0.4) is 0 Å². The van der Waals surface area contributed by atoms with Gasteiger partial charge < -0.3 is 0 Å². The first kappa shape index (κ1) is 31.0. The molecule has 0 aliphatic carbocycles. The lowest BCUT2D eigenvalue weighted by Gasteiger charge is -2.16. The van der Waals surface area contributed by atoms with Crippen LogP contribution in [0.4, 0.5) is 0 Å². The van der Waals surface area contributed by atoms with Gasteiger partial charge in [-0.05, 0) is 5.92 Å². The average Bonchev–Trinajstić information content (AvgIpc) is 2.78. The number of unbranched alkanes of at least 4 members (excludes halogenated alkanes) is 21. The summed E-state index contributed by atoms with van der Waals surface area (Å²) in [5.41, 5.74) is 0. The van der Waals surface area contributed by atoms with Crippen LogP contribution in [0.2, 0.25) is 0 Å². The molecule has 0 nitrogen and oxygen atoms in total. The lowest BCUT2D eigenvalue weighted by atomic mass is 9.90. The summed E-state index contributed by atoms with van der Waals surface area (Å²) in [6.07, 6.45) is 39.8. The van der Waals surface area contributed by atoms with Gasteiger partial charge in [-0.15, -0.1) is 0 Å². The Balaban J connectivity index is 3.50. The van der Waals surface area contributed by atoms with E-state index in [0.29, 0.717) is 0 Å². The van der Waals surface area contributed by atoms with E-state index in [1.165, 1.54) is 173 Å². The second-order valence-corrected chi connectivity index (χ2v) is 10.7. The monoisotopic (exact) mass is 437 g/mol. The second-order valence-electron chi connectivity index (χ2n) is 10.7. The van der Waals surface area contributed by atoms with Gasteiger partial charge in [0.1, 0.15) is 0 Å². The van der Waals surface area contributed by atoms with E-state index in [1.54, 1.807) is 0 Å². The molecule has 0 atom stereocenters. The Morgan fingerprint density at radius 1 is 0.258 bits per heavy atom. The van der Waals surface area contributed by atoms with E-state index >= 15 is 0 Å². The Bertz CT molecular complexity index is 268. The molecule has 0 fully saturated rings. The Hall–Kier alpha value is 0. The van der Waals surface area contributed by atoms with E-state index in [1.807, 2.05) is 0 Å². The number of hydrogen-bond donors (Lipinski definition) is 0. The molecule has 0 saturated heterocycles. The Kier molecular flexibility index (Phi) is 28.0. The predicted molar refractivity (Wildman–Crippen MR) is 145 cm³/mol. The molecule has 0 heterocycles. The maximum atomic E-state index is 2.36. The van der Waals surface area contributed by atoms with E-state index < -0.39 is 0 Å². The predicted octanol–water partition coefficient (Wildman–Crippen LogP) is 12.2. The number of rotatable bonds is 27. The van der Waals surface area contributed by atoms with Gasteiger partial charge in [-0.2, -0.15) is 0 Å². The molecule has 188 valence electrons. The van der Waals surface area contributed by atoms with Crippen LogP contribution in [0.5, 0.6) is 0 Å². The Morgan fingerprint density at radius 2 is 0.484 bits per heavy atom. The van der Waals surface area contributed by atoms with Gasteiger partial charge in [-0.3, -0.25) is 0 Å². The highest BCUT2D eigenvalue weighted by Crippen LogP contribution is 2.24. The van der Waals surface area contributed by atoms with E-state index in [-0.39, 0.29) is 0 Å². The van der Waals surface area contributed by atoms with Gasteiger partial charge in [0.15, 0.2) is 0 Å². The molecule has 0 aliphatic rings. The van der Waals surface area contributed by atoms with Crippen LogP contribution in [0.15, 0.2) is 0 Å². The van der Waals surface area contributed by atoms with E-state index in [4.69, 9.17) is 0 Å². The molecule has 0 aromatic rings. The molecule has 31 heavy (non-hydrogen) atoms. The van der Waals surface area contributed by atoms with Crippen molar-refractivity contribution in [2.45, 2.75) is 194 Å². The molecule has 0 heteroatoms. The second kappa shape index (κ2) is 28.0. The van der Waals surface area contributed by atoms with E-state index in [2.05, 4.69) is 20.8 Å². The van der Waals surface area contributed by atoms with Crippen LogP contribution >= 0.6 is 0 Å². The minimum Gasteiger partial charge on any atom is -0.0654 e. The third-order valence-corrected chi connectivity index (χ3v) is 7.40. The van der Waals surface area contributed by atoms with Crippen molar-refractivity contribution in [3.63, 3.8) is 0 Å². The van der Waals surface area contributed by atoms with Crippen molar-refractivity contribution in [3.05, 3.63) is 0 Å². The van der Waals surface area contributed by atoms with Crippen molar-refractivity contribution in [2.24, 2.45) is 5.92 Å². The van der Waals surface area contributed by atoms with Crippen molar-refractivity contribution in [3.8, 4) is 0 Å². The maximum Gasteiger partial charge on any atom is -0.0414 e. The molecule has 0 radical (unpaired) electrons. The molecule has 0 aromatic heterocycles. The third kappa shape index (κ3) is 26.1. The summed E-state index contributed by atoms with van der Waals surface area (Å²) in [4.78, 5) is 0. The molecule has 0 aromatic carbocycles. The molecule has 0 spiro atoms. The zero-order chi connectivity index (χ0) is 22.7. The topological polar surface area (TPSA) is 0 Å². The van der Waals surface area contributed by atoms with Crippen LogP contribution in [0, 0.1) is 5.92 Å². The van der Waals surface area contributed by atoms with Gasteiger partial charge in [0.2, 0.25) is 0 Å². The lowest BCUT2D eigenvalue weighted by Crippen LogP contribution is -2.01. The summed E-state index contributed by atoms with van der Waals surface area (Å²) in [7, 11) is 0. The quantitative estimate of drug-likeness (QED) is 0.112. The van der Waals surface area contributed by atoms with Crippen molar-refractivity contribution in [1.82, 2.24) is 0 Å². The first-order valence-electron chi connectivity index (χ1n) is 15.3. The summed E-state index contributed by atoms with van der Waals surface area (Å²) in [6, 6.07) is 0. The van der Waals surface area contributed by atoms with Gasteiger partial charge in [0.05, 0.1) is 0 Å². The van der Waals surface area contributed by atoms with Gasteiger partial charge >= 0.3 is 0 Å². The van der Waals surface area contributed by atoms with Crippen molar-refractivity contribution in [2.75, 3.05) is 0 Å². The van der Waals surface area contributed by atoms with Crippen molar-refractivity contribution < 1.29 is 0 Å². The molecule has 0 saturated carbocycles. The number of hydrogen-bond acceptors (Lipinski definition) is 0. The van der Waals surface area contributed by atoms with Crippen LogP contribution in [0.1, 0.15) is 194 Å². The highest BCUT2D eigenvalue weighted by atomic mass is 14.1. The smallest absolute Gasteiger partial charge is 0.0414 e. The first-order chi connectivity index (χ1) is 15.3. The van der Waals surface area contributed by atoms with Crippen LogP contribution in [0.25, 0.3) is 0 Å². The highest BCUT2D eigenvalue weighted by Gasteiger charge is 2.08. The largest absolute Gasteiger partial charge is 0.0654 e. The summed E-state index contributed by atoms with van der Waals surface area (Å²) in [5.74, 6) is 1.04. The summed E-state index contributed by atoms with van der Waals surface area (Å²) in [6.45, 7) is 6.98. The van der Waals surface area contributed by atoms with Gasteiger partial charge in [0, 0.05) is 0 Å². The molecule has 0 unspecified atom stereocenters. The zero-order valence-electron chi connectivity index (χ0n) is 22.7. The molecular formula is C31H64. The first-order valence-corrected chi connectivity index (χ1v) is 15.3. The highest BCUT2D eigenvalue weighted by molar-refractivity contribution is 4.61. The average molecular weight is 437 g/mol. The minimum absolute atomic E-state index is 1.04. The fourth-order valence-electron chi connectivity index (χ4n) is 5.12. The summed E-state index contributed by atoms with van der Waals surface area (Å²) in [5, 5.41) is 0. The molecule has 0 bridgehead atoms. The molecule has 0 aliphatic heterocycles. The molecule has 0 amide bonds. The van der Waals surface area contributed by atoms with Crippen LogP contribution < -0.4 is 0 Å². The fraction of sp³-hybridized carbons (Fsp3) is 1.00. The third-order valence-electron chi connectivity index (χ3n) is 7.40. The van der Waals surface area contributed by atoms with Gasteiger partial charge in [0.25, 0.3) is 0 Å². The summed E-state index contributed by atoms with van der Waals surface area (Å²) < 4.78 is 0. The van der Waals surface area contributed by atoms with Crippen LogP contribution in [-0.2, 0) is 0 Å². The van der Waals surface area contributed by atoms with Crippen molar-refractivity contribution in [1.29, 1.82) is 0 Å². The van der Waals surface area contributed by atoms with Gasteiger partial charge in [-0.25, -0.2) is 0 Å². The SMILES string of the molecule is CCCCCCCCCCCCCC(CCCC)CCCCCCCCCCCCC. The summed E-state index contributed by atoms with van der Waals surface area (Å²) >= 11 is 0. The standard InChI is InChI=1S/C31H64/c1-4-7-10-12-14-16-18-20-22-24-26-29-31(28-9-6-3)30-27-25-23-21-19-17-15-13-11-8-5-2/h31H,4-30H2,1-3H3. The fourth-order valence-corrected chi connectivity index (χ4v) is 5.12. The van der Waals surface area contributed by atoms with E-state index in [0.717, 1.165) is 5.92 Å². The normalized spacial score (nSPS) is 11.6. The molecule has 0 N–H and O–H groups in total. The zero-order valence-corrected chi connectivity index (χ0v) is 22.7.